The van der Waals surface area contributed by atoms with Gasteiger partial charge in [0.1, 0.15) is 5.75 Å². The van der Waals surface area contributed by atoms with E-state index in [0.29, 0.717) is 22.4 Å². The zero-order valence-electron chi connectivity index (χ0n) is 15.8. The van der Waals surface area contributed by atoms with Crippen LogP contribution in [0.3, 0.4) is 0 Å². The van der Waals surface area contributed by atoms with Gasteiger partial charge >= 0.3 is 0 Å². The topological polar surface area (TPSA) is 44.6 Å². The molecular weight excluding hydrogens is 424 g/mol. The second kappa shape index (κ2) is 7.53. The van der Waals surface area contributed by atoms with E-state index in [9.17, 15) is 5.11 Å². The molecule has 3 aromatic rings. The van der Waals surface area contributed by atoms with Crippen molar-refractivity contribution in [2.75, 3.05) is 5.32 Å². The van der Waals surface area contributed by atoms with Crippen LogP contribution in [0.25, 0.3) is 0 Å². The van der Waals surface area contributed by atoms with Gasteiger partial charge in [-0.1, -0.05) is 42.5 Å². The molecule has 0 amide bonds. The van der Waals surface area contributed by atoms with Crippen molar-refractivity contribution in [2.45, 2.75) is 18.4 Å². The smallest absolute Gasteiger partial charge is 0.129 e. The van der Waals surface area contributed by atoms with E-state index in [1.165, 1.54) is 16.8 Å². The molecule has 5 rings (SSSR count). The minimum absolute atomic E-state index is 0.229. The summed E-state index contributed by atoms with van der Waals surface area (Å²) in [7, 11) is 0. The third-order valence-corrected chi connectivity index (χ3v) is 6.49. The number of hydrogen-bond donors (Lipinski definition) is 2. The Hall–Kier alpha value is -2.85. The molecule has 0 aromatic heterocycles. The average Bonchev–Trinajstić information content (AvgIpc) is 3.25. The fraction of sp³-hybridized carbons (Fsp3) is 0.160. The predicted octanol–water partition coefficient (Wildman–Crippen LogP) is 6.73. The van der Waals surface area contributed by atoms with E-state index in [0.717, 1.165) is 17.7 Å². The Morgan fingerprint density at radius 2 is 1.86 bits per heavy atom. The van der Waals surface area contributed by atoms with Crippen LogP contribution in [-0.4, -0.2) is 11.3 Å². The van der Waals surface area contributed by atoms with Gasteiger partial charge < -0.3 is 10.4 Å². The van der Waals surface area contributed by atoms with E-state index in [1.807, 2.05) is 18.3 Å². The van der Waals surface area contributed by atoms with Crippen molar-refractivity contribution in [3.63, 3.8) is 0 Å². The third kappa shape index (κ3) is 3.49. The first kappa shape index (κ1) is 18.2. The number of aliphatic imine (C=N–C) groups is 1. The van der Waals surface area contributed by atoms with E-state index in [-0.39, 0.29) is 5.75 Å². The van der Waals surface area contributed by atoms with Crippen molar-refractivity contribution in [1.29, 1.82) is 0 Å². The van der Waals surface area contributed by atoms with Crippen molar-refractivity contribution in [3.8, 4) is 5.75 Å². The first-order chi connectivity index (χ1) is 14.2. The Bertz CT molecular complexity index is 1100. The Morgan fingerprint density at radius 1 is 1.03 bits per heavy atom. The third-order valence-electron chi connectivity index (χ3n) is 5.86. The van der Waals surface area contributed by atoms with E-state index < -0.39 is 0 Å². The molecule has 3 atom stereocenters. The highest BCUT2D eigenvalue weighted by Gasteiger charge is 2.37. The van der Waals surface area contributed by atoms with Gasteiger partial charge in [0.15, 0.2) is 0 Å². The van der Waals surface area contributed by atoms with Gasteiger partial charge in [-0.15, -0.1) is 0 Å². The van der Waals surface area contributed by atoms with Crippen LogP contribution in [0, 0.1) is 5.92 Å². The van der Waals surface area contributed by atoms with Crippen LogP contribution in [0.1, 0.15) is 35.1 Å². The van der Waals surface area contributed by atoms with Gasteiger partial charge in [0.05, 0.1) is 16.2 Å². The van der Waals surface area contributed by atoms with Gasteiger partial charge in [0.2, 0.25) is 0 Å². The van der Waals surface area contributed by atoms with Crippen molar-refractivity contribution in [1.82, 2.24) is 0 Å². The summed E-state index contributed by atoms with van der Waals surface area (Å²) < 4.78 is 0.667. The maximum atomic E-state index is 9.61. The van der Waals surface area contributed by atoms with Crippen molar-refractivity contribution in [2.24, 2.45) is 10.9 Å². The van der Waals surface area contributed by atoms with Crippen LogP contribution in [-0.2, 0) is 0 Å². The number of aromatic hydroxyl groups is 1. The second-order valence-corrected chi connectivity index (χ2v) is 8.48. The van der Waals surface area contributed by atoms with Gasteiger partial charge in [-0.05, 0) is 81.4 Å². The lowest BCUT2D eigenvalue weighted by atomic mass is 9.77. The molecule has 4 heteroatoms. The Morgan fingerprint density at radius 3 is 2.69 bits per heavy atom. The molecule has 0 saturated carbocycles. The molecule has 3 aromatic carbocycles. The molecule has 29 heavy (non-hydrogen) atoms. The Kier molecular flexibility index (Phi) is 4.72. The molecule has 0 spiro atoms. The molecule has 3 nitrogen and oxygen atoms in total. The zero-order chi connectivity index (χ0) is 19.8. The molecule has 1 heterocycles. The normalized spacial score (nSPS) is 22.3. The number of allylic oxidation sites excluding steroid dienone is 2. The summed E-state index contributed by atoms with van der Waals surface area (Å²) in [5, 5.41) is 13.4. The minimum atomic E-state index is 0.229. The Labute approximate surface area is 179 Å². The fourth-order valence-electron chi connectivity index (χ4n) is 4.39. The van der Waals surface area contributed by atoms with Crippen LogP contribution in [0.4, 0.5) is 11.4 Å². The van der Waals surface area contributed by atoms with Gasteiger partial charge in [-0.2, -0.15) is 0 Å². The minimum Gasteiger partial charge on any atom is -0.507 e. The number of para-hydroxylation sites is 1. The van der Waals surface area contributed by atoms with E-state index in [2.05, 4.69) is 86.9 Å². The van der Waals surface area contributed by atoms with Crippen molar-refractivity contribution < 1.29 is 5.11 Å². The number of nitrogens with one attached hydrogen (secondary N) is 1. The number of hydrogen-bond acceptors (Lipinski definition) is 3. The highest BCUT2D eigenvalue weighted by atomic mass is 79.9. The number of rotatable bonds is 3. The van der Waals surface area contributed by atoms with Gasteiger partial charge in [0, 0.05) is 17.8 Å². The molecule has 0 bridgehead atoms. The van der Waals surface area contributed by atoms with Gasteiger partial charge in [-0.25, -0.2) is 0 Å². The molecule has 0 saturated heterocycles. The van der Waals surface area contributed by atoms with Crippen LogP contribution in [0.15, 0.2) is 88.3 Å². The molecule has 1 aliphatic carbocycles. The van der Waals surface area contributed by atoms with Crippen LogP contribution in [0.5, 0.6) is 5.75 Å². The highest BCUT2D eigenvalue weighted by molar-refractivity contribution is 9.10. The second-order valence-electron chi connectivity index (χ2n) is 7.62. The largest absolute Gasteiger partial charge is 0.507 e. The number of fused-ring (bicyclic) bond motifs is 3. The molecule has 1 aliphatic heterocycles. The monoisotopic (exact) mass is 444 g/mol. The molecule has 0 radical (unpaired) electrons. The van der Waals surface area contributed by atoms with Crippen LogP contribution in [0.2, 0.25) is 0 Å². The number of benzene rings is 3. The van der Waals surface area contributed by atoms with Crippen molar-refractivity contribution >= 4 is 33.5 Å². The van der Waals surface area contributed by atoms with Crippen molar-refractivity contribution in [3.05, 3.63) is 100 Å². The summed E-state index contributed by atoms with van der Waals surface area (Å²) in [5.74, 6) is 1.27. The average molecular weight is 445 g/mol. The lowest BCUT2D eigenvalue weighted by Crippen LogP contribution is -2.28. The molecule has 2 N–H and O–H groups in total. The highest BCUT2D eigenvalue weighted by Crippen LogP contribution is 2.49. The first-order valence-electron chi connectivity index (χ1n) is 9.84. The maximum absolute atomic E-state index is 9.61. The van der Waals surface area contributed by atoms with Crippen LogP contribution >= 0.6 is 15.9 Å². The fourth-order valence-corrected chi connectivity index (χ4v) is 4.79. The lowest BCUT2D eigenvalue weighted by molar-refractivity contribution is 0.425. The number of anilines is 1. The number of halogens is 1. The van der Waals surface area contributed by atoms with E-state index in [1.54, 1.807) is 6.07 Å². The predicted molar refractivity (Wildman–Crippen MR) is 122 cm³/mol. The summed E-state index contributed by atoms with van der Waals surface area (Å²) in [6, 6.07) is 22.8. The number of phenolic OH excluding ortho intramolecular Hbond substituents is 1. The SMILES string of the molecule is Oc1ccc(C=Nc2ccc([C@@H]3Nc4ccccc4[C@H]4C=CC[C@H]43)cc2)cc1Br. The summed E-state index contributed by atoms with van der Waals surface area (Å²) in [4.78, 5) is 4.58. The van der Waals surface area contributed by atoms with Crippen LogP contribution < -0.4 is 5.32 Å². The van der Waals surface area contributed by atoms with E-state index in [4.69, 9.17) is 0 Å². The van der Waals surface area contributed by atoms with Gasteiger partial charge in [0.25, 0.3) is 0 Å². The quantitative estimate of drug-likeness (QED) is 0.347. The Balaban J connectivity index is 1.38. The summed E-state index contributed by atoms with van der Waals surface area (Å²) in [6.45, 7) is 0. The van der Waals surface area contributed by atoms with Gasteiger partial charge in [-0.3, -0.25) is 4.99 Å². The van der Waals surface area contributed by atoms with E-state index >= 15 is 0 Å². The molecule has 144 valence electrons. The number of nitrogens with zero attached hydrogens (tertiary/aromatic N) is 1. The molecular formula is C25H21BrN2O. The summed E-state index contributed by atoms with van der Waals surface area (Å²) in [6.07, 6.45) is 7.60. The first-order valence-corrected chi connectivity index (χ1v) is 10.6. The standard InChI is InChI=1S/C25H21BrN2O/c26-22-14-16(8-13-24(22)29)15-27-18-11-9-17(10-12-18)25-21-6-3-5-19(21)20-4-1-2-7-23(20)28-25/h1-5,7-15,19,21,25,28-29H,6H2/t19-,21-,25+/m1/s1. The molecule has 0 fully saturated rings. The lowest BCUT2D eigenvalue weighted by Gasteiger charge is -2.37. The summed E-state index contributed by atoms with van der Waals surface area (Å²) in [5.41, 5.74) is 5.79. The molecule has 2 aliphatic rings. The number of phenols is 1. The maximum Gasteiger partial charge on any atom is 0.129 e. The summed E-state index contributed by atoms with van der Waals surface area (Å²) >= 11 is 3.34. The zero-order valence-corrected chi connectivity index (χ0v) is 17.4. The molecule has 0 unspecified atom stereocenters.